The Morgan fingerprint density at radius 2 is 1.94 bits per heavy atom. The zero-order chi connectivity index (χ0) is 12.1. The van der Waals surface area contributed by atoms with Crippen molar-refractivity contribution in [2.45, 2.75) is 25.9 Å². The topological polar surface area (TPSA) is 46.0 Å². The van der Waals surface area contributed by atoms with Crippen molar-refractivity contribution in [3.63, 3.8) is 0 Å². The van der Waals surface area contributed by atoms with Gasteiger partial charge in [-0.3, -0.25) is 0 Å². The molecule has 1 unspecified atom stereocenters. The van der Waals surface area contributed by atoms with E-state index in [1.54, 1.807) is 12.3 Å². The van der Waals surface area contributed by atoms with Crippen LogP contribution in [-0.4, -0.2) is 15.1 Å². The van der Waals surface area contributed by atoms with Crippen molar-refractivity contribution < 1.29 is 5.11 Å². The number of rotatable bonds is 4. The molecule has 3 heteroatoms. The van der Waals surface area contributed by atoms with Gasteiger partial charge in [0.2, 0.25) is 0 Å². The molecule has 1 atom stereocenters. The zero-order valence-corrected chi connectivity index (χ0v) is 9.87. The zero-order valence-electron chi connectivity index (χ0n) is 9.87. The van der Waals surface area contributed by atoms with Gasteiger partial charge >= 0.3 is 0 Å². The summed E-state index contributed by atoms with van der Waals surface area (Å²) in [7, 11) is 0. The van der Waals surface area contributed by atoms with E-state index in [0.717, 1.165) is 6.42 Å². The Balaban J connectivity index is 1.96. The molecule has 17 heavy (non-hydrogen) atoms. The van der Waals surface area contributed by atoms with Crippen molar-refractivity contribution in [1.82, 2.24) is 9.97 Å². The number of hydrogen-bond donors (Lipinski definition) is 1. The van der Waals surface area contributed by atoms with E-state index in [0.29, 0.717) is 17.9 Å². The van der Waals surface area contributed by atoms with Crippen LogP contribution in [0.5, 0.6) is 0 Å². The van der Waals surface area contributed by atoms with Gasteiger partial charge in [-0.05, 0) is 31.4 Å². The first-order valence-electron chi connectivity index (χ1n) is 5.77. The lowest BCUT2D eigenvalue weighted by Crippen LogP contribution is -2.04. The highest BCUT2D eigenvalue weighted by Gasteiger charge is 2.09. The minimum absolute atomic E-state index is 0.517. The van der Waals surface area contributed by atoms with Crippen LogP contribution >= 0.6 is 0 Å². The van der Waals surface area contributed by atoms with Gasteiger partial charge in [-0.1, -0.05) is 30.3 Å². The molecule has 2 rings (SSSR count). The van der Waals surface area contributed by atoms with Crippen LogP contribution < -0.4 is 0 Å². The summed E-state index contributed by atoms with van der Waals surface area (Å²) < 4.78 is 0. The van der Waals surface area contributed by atoms with E-state index in [9.17, 15) is 5.11 Å². The van der Waals surface area contributed by atoms with Crippen molar-refractivity contribution in [3.8, 4) is 0 Å². The van der Waals surface area contributed by atoms with Gasteiger partial charge in [0, 0.05) is 6.20 Å². The van der Waals surface area contributed by atoms with Gasteiger partial charge < -0.3 is 5.11 Å². The fourth-order valence-electron chi connectivity index (χ4n) is 1.76. The first-order valence-corrected chi connectivity index (χ1v) is 5.77. The molecule has 0 aliphatic carbocycles. The summed E-state index contributed by atoms with van der Waals surface area (Å²) in [5.74, 6) is 0.696. The summed E-state index contributed by atoms with van der Waals surface area (Å²) in [5.41, 5.74) is 1.94. The Bertz CT molecular complexity index is 471. The number of aromatic nitrogens is 2. The van der Waals surface area contributed by atoms with E-state index < -0.39 is 6.10 Å². The lowest BCUT2D eigenvalue weighted by molar-refractivity contribution is 0.162. The van der Waals surface area contributed by atoms with E-state index in [-0.39, 0.29) is 0 Å². The summed E-state index contributed by atoms with van der Waals surface area (Å²) in [6.07, 6.45) is 2.70. The number of aryl methyl sites for hydroxylation is 2. The van der Waals surface area contributed by atoms with Crippen molar-refractivity contribution >= 4 is 0 Å². The molecule has 1 heterocycles. The largest absolute Gasteiger partial charge is 0.387 e. The molecule has 1 N–H and O–H groups in total. The van der Waals surface area contributed by atoms with Crippen LogP contribution in [-0.2, 0) is 6.42 Å². The summed E-state index contributed by atoms with van der Waals surface area (Å²) in [6, 6.07) is 11.9. The fourth-order valence-corrected chi connectivity index (χ4v) is 1.76. The second-order valence-corrected chi connectivity index (χ2v) is 4.07. The van der Waals surface area contributed by atoms with E-state index in [2.05, 4.69) is 22.1 Å². The predicted molar refractivity (Wildman–Crippen MR) is 66.5 cm³/mol. The first kappa shape index (κ1) is 11.7. The predicted octanol–water partition coefficient (Wildman–Crippen LogP) is 2.45. The van der Waals surface area contributed by atoms with Gasteiger partial charge in [-0.25, -0.2) is 9.97 Å². The van der Waals surface area contributed by atoms with Crippen molar-refractivity contribution in [2.24, 2.45) is 0 Å². The van der Waals surface area contributed by atoms with Crippen LogP contribution in [0.3, 0.4) is 0 Å². The smallest absolute Gasteiger partial charge is 0.125 e. The summed E-state index contributed by atoms with van der Waals surface area (Å²) in [4.78, 5) is 8.24. The summed E-state index contributed by atoms with van der Waals surface area (Å²) in [6.45, 7) is 1.83. The molecule has 0 radical (unpaired) electrons. The second-order valence-electron chi connectivity index (χ2n) is 4.07. The second kappa shape index (κ2) is 5.55. The van der Waals surface area contributed by atoms with Crippen LogP contribution in [0.2, 0.25) is 0 Å². The standard InChI is InChI=1S/C14H16N2O/c1-11-15-10-9-13(16-11)14(17)8-7-12-5-3-2-4-6-12/h2-6,9-10,14,17H,7-8H2,1H3. The van der Waals surface area contributed by atoms with E-state index >= 15 is 0 Å². The number of benzene rings is 1. The molecular weight excluding hydrogens is 212 g/mol. The molecule has 0 saturated carbocycles. The van der Waals surface area contributed by atoms with Crippen LogP contribution in [0.1, 0.15) is 29.6 Å². The van der Waals surface area contributed by atoms with Crippen LogP contribution in [0.15, 0.2) is 42.6 Å². The molecule has 0 amide bonds. The molecule has 1 aromatic heterocycles. The van der Waals surface area contributed by atoms with Gasteiger partial charge in [0.05, 0.1) is 11.8 Å². The Hall–Kier alpha value is -1.74. The maximum Gasteiger partial charge on any atom is 0.125 e. The van der Waals surface area contributed by atoms with E-state index in [1.807, 2.05) is 25.1 Å². The van der Waals surface area contributed by atoms with E-state index in [4.69, 9.17) is 0 Å². The molecular formula is C14H16N2O. The maximum absolute atomic E-state index is 10.0. The Labute approximate surface area is 101 Å². The van der Waals surface area contributed by atoms with E-state index in [1.165, 1.54) is 5.56 Å². The quantitative estimate of drug-likeness (QED) is 0.874. The van der Waals surface area contributed by atoms with Crippen molar-refractivity contribution in [1.29, 1.82) is 0 Å². The lowest BCUT2D eigenvalue weighted by Gasteiger charge is -2.10. The third-order valence-electron chi connectivity index (χ3n) is 2.69. The van der Waals surface area contributed by atoms with Crippen LogP contribution in [0, 0.1) is 6.92 Å². The molecule has 0 spiro atoms. The molecule has 88 valence electrons. The average molecular weight is 228 g/mol. The number of hydrogen-bond acceptors (Lipinski definition) is 3. The third-order valence-corrected chi connectivity index (χ3v) is 2.69. The number of nitrogens with zero attached hydrogens (tertiary/aromatic N) is 2. The highest BCUT2D eigenvalue weighted by atomic mass is 16.3. The molecule has 0 fully saturated rings. The van der Waals surface area contributed by atoms with Crippen molar-refractivity contribution in [3.05, 3.63) is 59.7 Å². The molecule has 2 aromatic rings. The van der Waals surface area contributed by atoms with Crippen LogP contribution in [0.25, 0.3) is 0 Å². The fraction of sp³-hybridized carbons (Fsp3) is 0.286. The monoisotopic (exact) mass is 228 g/mol. The Morgan fingerprint density at radius 3 is 2.65 bits per heavy atom. The van der Waals surface area contributed by atoms with Crippen LogP contribution in [0.4, 0.5) is 0 Å². The Kier molecular flexibility index (Phi) is 3.83. The molecule has 3 nitrogen and oxygen atoms in total. The summed E-state index contributed by atoms with van der Waals surface area (Å²) >= 11 is 0. The normalized spacial score (nSPS) is 12.4. The molecule has 1 aromatic carbocycles. The lowest BCUT2D eigenvalue weighted by atomic mass is 10.1. The molecule has 0 saturated heterocycles. The molecule has 0 aliphatic rings. The Morgan fingerprint density at radius 1 is 1.18 bits per heavy atom. The van der Waals surface area contributed by atoms with Gasteiger partial charge in [-0.2, -0.15) is 0 Å². The maximum atomic E-state index is 10.0. The minimum Gasteiger partial charge on any atom is -0.387 e. The molecule has 0 bridgehead atoms. The van der Waals surface area contributed by atoms with Gasteiger partial charge in [0.25, 0.3) is 0 Å². The number of aliphatic hydroxyl groups is 1. The highest BCUT2D eigenvalue weighted by molar-refractivity contribution is 5.15. The number of aliphatic hydroxyl groups excluding tert-OH is 1. The van der Waals surface area contributed by atoms with Crippen molar-refractivity contribution in [2.75, 3.05) is 0 Å². The van der Waals surface area contributed by atoms with Gasteiger partial charge in [0.1, 0.15) is 5.82 Å². The van der Waals surface area contributed by atoms with Gasteiger partial charge in [0.15, 0.2) is 0 Å². The first-order chi connectivity index (χ1) is 8.25. The molecule has 0 aliphatic heterocycles. The van der Waals surface area contributed by atoms with Gasteiger partial charge in [-0.15, -0.1) is 0 Å². The highest BCUT2D eigenvalue weighted by Crippen LogP contribution is 2.16. The average Bonchev–Trinajstić information content (AvgIpc) is 2.37. The SMILES string of the molecule is Cc1nccc(C(O)CCc2ccccc2)n1. The summed E-state index contributed by atoms with van der Waals surface area (Å²) in [5, 5.41) is 10.0. The minimum atomic E-state index is -0.517. The third kappa shape index (κ3) is 3.36.